The van der Waals surface area contributed by atoms with Crippen molar-refractivity contribution in [2.45, 2.75) is 12.5 Å². The second kappa shape index (κ2) is 7.04. The molecule has 0 radical (unpaired) electrons. The number of hydrogen-bond acceptors (Lipinski definition) is 2. The lowest BCUT2D eigenvalue weighted by Crippen LogP contribution is -2.21. The molecule has 0 saturated carbocycles. The van der Waals surface area contributed by atoms with Gasteiger partial charge >= 0.3 is 0 Å². The summed E-state index contributed by atoms with van der Waals surface area (Å²) >= 11 is 2.27. The van der Waals surface area contributed by atoms with Gasteiger partial charge in [-0.2, -0.15) is 0 Å². The molecule has 0 saturated heterocycles. The molecule has 106 valence electrons. The number of halogens is 2. The highest BCUT2D eigenvalue weighted by atomic mass is 127. The lowest BCUT2D eigenvalue weighted by molar-refractivity contribution is 0.393. The van der Waals surface area contributed by atoms with Crippen LogP contribution in [0.15, 0.2) is 42.5 Å². The van der Waals surface area contributed by atoms with Gasteiger partial charge < -0.3 is 10.1 Å². The van der Waals surface area contributed by atoms with Crippen LogP contribution in [0.5, 0.6) is 5.75 Å². The van der Waals surface area contributed by atoms with Gasteiger partial charge in [0, 0.05) is 15.2 Å². The van der Waals surface area contributed by atoms with E-state index in [-0.39, 0.29) is 11.9 Å². The third-order valence-electron chi connectivity index (χ3n) is 3.28. The fourth-order valence-corrected chi connectivity index (χ4v) is 2.60. The third-order valence-corrected chi connectivity index (χ3v) is 4.00. The summed E-state index contributed by atoms with van der Waals surface area (Å²) in [7, 11) is 3.40. The zero-order chi connectivity index (χ0) is 14.5. The number of nitrogens with one attached hydrogen (secondary N) is 1. The molecule has 1 atom stereocenters. The van der Waals surface area contributed by atoms with Crippen LogP contribution in [0.1, 0.15) is 17.2 Å². The number of methoxy groups -OCH3 is 1. The van der Waals surface area contributed by atoms with Crippen molar-refractivity contribution in [3.05, 3.63) is 63.0 Å². The molecular weight excluding hydrogens is 368 g/mol. The van der Waals surface area contributed by atoms with Crippen LogP contribution in [0.25, 0.3) is 0 Å². The summed E-state index contributed by atoms with van der Waals surface area (Å²) in [5.41, 5.74) is 1.74. The number of ether oxygens (including phenoxy) is 1. The Hall–Kier alpha value is -1.14. The van der Waals surface area contributed by atoms with Gasteiger partial charge in [-0.05, 0) is 65.9 Å². The SMILES string of the molecule is CNC(Cc1ccc(I)cc1)c1c(F)cccc1OC. The van der Waals surface area contributed by atoms with Gasteiger partial charge in [0.15, 0.2) is 0 Å². The molecule has 0 aromatic heterocycles. The Bertz CT molecular complexity index is 571. The molecule has 0 bridgehead atoms. The topological polar surface area (TPSA) is 21.3 Å². The van der Waals surface area contributed by atoms with Crippen molar-refractivity contribution in [1.82, 2.24) is 5.32 Å². The van der Waals surface area contributed by atoms with Gasteiger partial charge in [-0.3, -0.25) is 0 Å². The van der Waals surface area contributed by atoms with Gasteiger partial charge in [-0.15, -0.1) is 0 Å². The lowest BCUT2D eigenvalue weighted by atomic mass is 9.97. The van der Waals surface area contributed by atoms with Crippen molar-refractivity contribution in [3.63, 3.8) is 0 Å². The second-order valence-electron chi connectivity index (χ2n) is 4.53. The van der Waals surface area contributed by atoms with Crippen molar-refractivity contribution in [2.24, 2.45) is 0 Å². The van der Waals surface area contributed by atoms with E-state index in [1.807, 2.05) is 7.05 Å². The molecule has 0 amide bonds. The predicted octanol–water partition coefficient (Wildman–Crippen LogP) is 3.94. The van der Waals surface area contributed by atoms with Crippen LogP contribution in [0.4, 0.5) is 4.39 Å². The maximum atomic E-state index is 14.1. The molecule has 2 aromatic carbocycles. The predicted molar refractivity (Wildman–Crippen MR) is 87.6 cm³/mol. The highest BCUT2D eigenvalue weighted by molar-refractivity contribution is 14.1. The standard InChI is InChI=1S/C16H17FINO/c1-19-14(10-11-6-8-12(18)9-7-11)16-13(17)4-3-5-15(16)20-2/h3-9,14,19H,10H2,1-2H3. The summed E-state index contributed by atoms with van der Waals surface area (Å²) in [6.07, 6.45) is 0.713. The zero-order valence-electron chi connectivity index (χ0n) is 11.5. The van der Waals surface area contributed by atoms with Crippen molar-refractivity contribution in [1.29, 1.82) is 0 Å². The fourth-order valence-electron chi connectivity index (χ4n) is 2.24. The van der Waals surface area contributed by atoms with E-state index in [0.29, 0.717) is 17.7 Å². The molecule has 0 aliphatic rings. The van der Waals surface area contributed by atoms with Crippen molar-refractivity contribution >= 4 is 22.6 Å². The molecule has 0 aliphatic heterocycles. The molecule has 0 aliphatic carbocycles. The summed E-state index contributed by atoms with van der Waals surface area (Å²) in [4.78, 5) is 0. The molecule has 20 heavy (non-hydrogen) atoms. The first-order valence-corrected chi connectivity index (χ1v) is 7.47. The molecule has 2 rings (SSSR count). The van der Waals surface area contributed by atoms with Crippen LogP contribution in [0.2, 0.25) is 0 Å². The maximum absolute atomic E-state index is 14.1. The average Bonchev–Trinajstić information content (AvgIpc) is 2.47. The Morgan fingerprint density at radius 2 is 1.90 bits per heavy atom. The van der Waals surface area contributed by atoms with Gasteiger partial charge in [-0.1, -0.05) is 18.2 Å². The molecule has 0 fully saturated rings. The quantitative estimate of drug-likeness (QED) is 0.788. The van der Waals surface area contributed by atoms with Gasteiger partial charge in [0.25, 0.3) is 0 Å². The van der Waals surface area contributed by atoms with Gasteiger partial charge in [0.2, 0.25) is 0 Å². The molecule has 0 heterocycles. The van der Waals surface area contributed by atoms with E-state index >= 15 is 0 Å². The van der Waals surface area contributed by atoms with E-state index < -0.39 is 0 Å². The van der Waals surface area contributed by atoms with E-state index in [1.165, 1.54) is 9.64 Å². The summed E-state index contributed by atoms with van der Waals surface area (Å²) < 4.78 is 20.6. The fraction of sp³-hybridized carbons (Fsp3) is 0.250. The first-order valence-electron chi connectivity index (χ1n) is 6.39. The third kappa shape index (κ3) is 3.49. The first-order chi connectivity index (χ1) is 9.65. The largest absolute Gasteiger partial charge is 0.496 e. The minimum absolute atomic E-state index is 0.119. The normalized spacial score (nSPS) is 12.2. The van der Waals surface area contributed by atoms with Crippen LogP contribution in [-0.2, 0) is 6.42 Å². The van der Waals surface area contributed by atoms with Gasteiger partial charge in [-0.25, -0.2) is 4.39 Å². The maximum Gasteiger partial charge on any atom is 0.131 e. The van der Waals surface area contributed by atoms with Gasteiger partial charge in [0.1, 0.15) is 11.6 Å². The summed E-state index contributed by atoms with van der Waals surface area (Å²) in [5, 5.41) is 3.18. The Balaban J connectivity index is 2.31. The molecular formula is C16H17FINO. The Kier molecular flexibility index (Phi) is 5.37. The molecule has 0 spiro atoms. The van der Waals surface area contributed by atoms with E-state index in [4.69, 9.17) is 4.74 Å². The van der Waals surface area contributed by atoms with Crippen LogP contribution in [0, 0.1) is 9.39 Å². The number of benzene rings is 2. The number of rotatable bonds is 5. The summed E-state index contributed by atoms with van der Waals surface area (Å²) in [6.45, 7) is 0. The minimum Gasteiger partial charge on any atom is -0.496 e. The highest BCUT2D eigenvalue weighted by Gasteiger charge is 2.19. The molecule has 2 aromatic rings. The molecule has 4 heteroatoms. The summed E-state index contributed by atoms with van der Waals surface area (Å²) in [6, 6.07) is 13.1. The molecule has 2 nitrogen and oxygen atoms in total. The average molecular weight is 385 g/mol. The first kappa shape index (κ1) is 15.3. The van der Waals surface area contributed by atoms with E-state index in [1.54, 1.807) is 19.2 Å². The van der Waals surface area contributed by atoms with E-state index in [0.717, 1.165) is 5.56 Å². The lowest BCUT2D eigenvalue weighted by Gasteiger charge is -2.20. The second-order valence-corrected chi connectivity index (χ2v) is 5.77. The van der Waals surface area contributed by atoms with E-state index in [2.05, 4.69) is 52.2 Å². The van der Waals surface area contributed by atoms with Crippen LogP contribution in [-0.4, -0.2) is 14.2 Å². The van der Waals surface area contributed by atoms with Crippen molar-refractivity contribution in [2.75, 3.05) is 14.2 Å². The Morgan fingerprint density at radius 1 is 1.20 bits per heavy atom. The summed E-state index contributed by atoms with van der Waals surface area (Å²) in [5.74, 6) is 0.337. The smallest absolute Gasteiger partial charge is 0.131 e. The number of likely N-dealkylation sites (N-methyl/N-ethyl adjacent to an activating group) is 1. The zero-order valence-corrected chi connectivity index (χ0v) is 13.6. The van der Waals surface area contributed by atoms with Crippen molar-refractivity contribution < 1.29 is 9.13 Å². The monoisotopic (exact) mass is 385 g/mol. The van der Waals surface area contributed by atoms with E-state index in [9.17, 15) is 4.39 Å². The van der Waals surface area contributed by atoms with Crippen molar-refractivity contribution in [3.8, 4) is 5.75 Å². The number of hydrogen-bond donors (Lipinski definition) is 1. The highest BCUT2D eigenvalue weighted by Crippen LogP contribution is 2.30. The molecule has 1 unspecified atom stereocenters. The minimum atomic E-state index is -0.241. The Morgan fingerprint density at radius 3 is 2.50 bits per heavy atom. The van der Waals surface area contributed by atoms with Gasteiger partial charge in [0.05, 0.1) is 7.11 Å². The van der Waals surface area contributed by atoms with Crippen LogP contribution >= 0.6 is 22.6 Å². The van der Waals surface area contributed by atoms with Crippen LogP contribution < -0.4 is 10.1 Å². The Labute approximate surface area is 132 Å². The molecule has 1 N–H and O–H groups in total. The van der Waals surface area contributed by atoms with Crippen LogP contribution in [0.3, 0.4) is 0 Å².